The number of ether oxygens (including phenoxy) is 4. The van der Waals surface area contributed by atoms with Gasteiger partial charge in [0.15, 0.2) is 0 Å². The Bertz CT molecular complexity index is 959. The van der Waals surface area contributed by atoms with Crippen molar-refractivity contribution in [2.45, 2.75) is 77.3 Å². The molecule has 10 nitrogen and oxygen atoms in total. The summed E-state index contributed by atoms with van der Waals surface area (Å²) in [5.74, 6) is 0.256. The van der Waals surface area contributed by atoms with Gasteiger partial charge in [-0.15, -0.1) is 5.10 Å². The molecule has 1 unspecified atom stereocenters. The minimum atomic E-state index is -1.58. The van der Waals surface area contributed by atoms with Crippen molar-refractivity contribution in [2.75, 3.05) is 13.7 Å². The van der Waals surface area contributed by atoms with Gasteiger partial charge in [-0.25, -0.2) is 4.79 Å². The van der Waals surface area contributed by atoms with Crippen LogP contribution in [0.15, 0.2) is 24.3 Å². The molecular formula is C24H34N2O8. The van der Waals surface area contributed by atoms with E-state index in [4.69, 9.17) is 14.2 Å². The largest absolute Gasteiger partial charge is 0.508 e. The highest BCUT2D eigenvalue weighted by atomic mass is 16.7. The molecule has 2 heterocycles. The molecule has 2 aromatic rings. The Labute approximate surface area is 199 Å². The number of carbonyl (C=O) groups is 1. The van der Waals surface area contributed by atoms with Crippen molar-refractivity contribution < 1.29 is 39.1 Å². The standard InChI is InChI=1S/C24H34N2O8/c1-6-15-7-9-16(10-8-15)11-17-14(4)26(13(2)3)25-22(17)34-23-21(29)20(28)19(27)18(33-23)12-32-24(30)31-5/h7-10,13,18-21,23,27-29H,6,11-12H2,1-5H3/t18-,19-,20+,21-,23?/m1/s1. The molecule has 1 aliphatic heterocycles. The molecule has 5 atom stereocenters. The van der Waals surface area contributed by atoms with Crippen LogP contribution >= 0.6 is 0 Å². The maximum absolute atomic E-state index is 11.3. The van der Waals surface area contributed by atoms with E-state index in [0.29, 0.717) is 6.42 Å². The zero-order chi connectivity index (χ0) is 25.0. The van der Waals surface area contributed by atoms with Gasteiger partial charge in [0.1, 0.15) is 31.0 Å². The van der Waals surface area contributed by atoms with Crippen molar-refractivity contribution >= 4 is 6.16 Å². The van der Waals surface area contributed by atoms with Crippen molar-refractivity contribution in [2.24, 2.45) is 0 Å². The fourth-order valence-electron chi connectivity index (χ4n) is 3.89. The van der Waals surface area contributed by atoms with E-state index in [-0.39, 0.29) is 11.9 Å². The molecule has 0 spiro atoms. The molecule has 3 rings (SSSR count). The lowest BCUT2D eigenvalue weighted by Crippen LogP contribution is -2.60. The number of carbonyl (C=O) groups excluding carboxylic acids is 1. The molecule has 1 aromatic heterocycles. The van der Waals surface area contributed by atoms with Crippen LogP contribution in [-0.4, -0.2) is 75.7 Å². The quantitative estimate of drug-likeness (QED) is 0.487. The highest BCUT2D eigenvalue weighted by Crippen LogP contribution is 2.30. The van der Waals surface area contributed by atoms with Crippen LogP contribution < -0.4 is 4.74 Å². The molecule has 10 heteroatoms. The second kappa shape index (κ2) is 11.2. The molecule has 34 heavy (non-hydrogen) atoms. The van der Waals surface area contributed by atoms with Crippen LogP contribution in [0.25, 0.3) is 0 Å². The number of methoxy groups -OCH3 is 1. The summed E-state index contributed by atoms with van der Waals surface area (Å²) in [4.78, 5) is 11.3. The van der Waals surface area contributed by atoms with E-state index in [9.17, 15) is 20.1 Å². The first kappa shape index (κ1) is 26.0. The van der Waals surface area contributed by atoms with Gasteiger partial charge >= 0.3 is 6.16 Å². The van der Waals surface area contributed by atoms with E-state index in [1.165, 1.54) is 5.56 Å². The third-order valence-electron chi connectivity index (χ3n) is 5.97. The molecule has 1 saturated heterocycles. The molecule has 188 valence electrons. The van der Waals surface area contributed by atoms with Gasteiger partial charge < -0.3 is 34.3 Å². The lowest BCUT2D eigenvalue weighted by Gasteiger charge is -2.39. The third-order valence-corrected chi connectivity index (χ3v) is 5.97. The van der Waals surface area contributed by atoms with Gasteiger partial charge in [-0.05, 0) is 38.3 Å². The molecule has 0 amide bonds. The topological polar surface area (TPSA) is 133 Å². The predicted octanol–water partition coefficient (Wildman–Crippen LogP) is 1.90. The van der Waals surface area contributed by atoms with E-state index in [1.54, 1.807) is 0 Å². The Kier molecular flexibility index (Phi) is 8.53. The van der Waals surface area contributed by atoms with Crippen molar-refractivity contribution in [3.63, 3.8) is 0 Å². The summed E-state index contributed by atoms with van der Waals surface area (Å²) in [5.41, 5.74) is 4.03. The first-order valence-corrected chi connectivity index (χ1v) is 11.4. The normalized spacial score (nSPS) is 24.8. The zero-order valence-corrected chi connectivity index (χ0v) is 20.2. The molecule has 0 bridgehead atoms. The second-order valence-electron chi connectivity index (χ2n) is 8.65. The average molecular weight is 479 g/mol. The van der Waals surface area contributed by atoms with E-state index in [0.717, 1.165) is 30.4 Å². The SMILES string of the molecule is CCc1ccc(Cc2c(OC3O[C@H](COC(=O)OC)[C@@H](O)[C@H](O)[C@H]3O)nn(C(C)C)c2C)cc1. The minimum Gasteiger partial charge on any atom is -0.443 e. The summed E-state index contributed by atoms with van der Waals surface area (Å²) in [5, 5.41) is 35.7. The molecular weight excluding hydrogens is 444 g/mol. The fourth-order valence-corrected chi connectivity index (χ4v) is 3.89. The van der Waals surface area contributed by atoms with Crippen molar-refractivity contribution in [1.82, 2.24) is 9.78 Å². The van der Waals surface area contributed by atoms with Crippen molar-refractivity contribution in [1.29, 1.82) is 0 Å². The highest BCUT2D eigenvalue weighted by molar-refractivity contribution is 5.59. The number of aromatic nitrogens is 2. The van der Waals surface area contributed by atoms with Gasteiger partial charge in [0.05, 0.1) is 7.11 Å². The Balaban J connectivity index is 1.85. The number of aliphatic hydroxyl groups excluding tert-OH is 3. The second-order valence-corrected chi connectivity index (χ2v) is 8.65. The van der Waals surface area contributed by atoms with Crippen LogP contribution in [0.2, 0.25) is 0 Å². The highest BCUT2D eigenvalue weighted by Gasteiger charge is 2.46. The van der Waals surface area contributed by atoms with E-state index in [1.807, 2.05) is 25.5 Å². The van der Waals surface area contributed by atoms with Crippen LogP contribution in [-0.2, 0) is 27.1 Å². The summed E-state index contributed by atoms with van der Waals surface area (Å²) in [6.07, 6.45) is -6.58. The minimum absolute atomic E-state index is 0.0596. The number of rotatable bonds is 8. The molecule has 1 aromatic carbocycles. The Morgan fingerprint density at radius 3 is 2.35 bits per heavy atom. The number of nitrogens with zero attached hydrogens (tertiary/aromatic N) is 2. The van der Waals surface area contributed by atoms with Gasteiger partial charge in [0, 0.05) is 23.7 Å². The molecule has 3 N–H and O–H groups in total. The maximum atomic E-state index is 11.3. The van der Waals surface area contributed by atoms with Gasteiger partial charge in [0.25, 0.3) is 0 Å². The lowest BCUT2D eigenvalue weighted by molar-refractivity contribution is -0.278. The number of aliphatic hydroxyl groups is 3. The first-order valence-electron chi connectivity index (χ1n) is 11.4. The molecule has 1 fully saturated rings. The van der Waals surface area contributed by atoms with Crippen LogP contribution in [0.4, 0.5) is 4.79 Å². The summed E-state index contributed by atoms with van der Waals surface area (Å²) in [6, 6.07) is 8.33. The van der Waals surface area contributed by atoms with Crippen LogP contribution in [0.5, 0.6) is 5.88 Å². The first-order chi connectivity index (χ1) is 16.2. The third kappa shape index (κ3) is 5.69. The molecule has 0 radical (unpaired) electrons. The molecule has 0 aliphatic carbocycles. The van der Waals surface area contributed by atoms with Gasteiger partial charge in [-0.3, -0.25) is 4.68 Å². The van der Waals surface area contributed by atoms with Crippen LogP contribution in [0, 0.1) is 6.92 Å². The number of benzene rings is 1. The van der Waals surface area contributed by atoms with E-state index < -0.39 is 43.5 Å². The molecule has 1 aliphatic rings. The summed E-state index contributed by atoms with van der Waals surface area (Å²) in [6.45, 7) is 7.64. The summed E-state index contributed by atoms with van der Waals surface area (Å²) >= 11 is 0. The Morgan fingerprint density at radius 1 is 1.12 bits per heavy atom. The summed E-state index contributed by atoms with van der Waals surface area (Å²) in [7, 11) is 1.15. The molecule has 0 saturated carbocycles. The van der Waals surface area contributed by atoms with Gasteiger partial charge in [0.2, 0.25) is 12.2 Å². The maximum Gasteiger partial charge on any atom is 0.508 e. The van der Waals surface area contributed by atoms with Gasteiger partial charge in [-0.1, -0.05) is 31.2 Å². The monoisotopic (exact) mass is 478 g/mol. The van der Waals surface area contributed by atoms with E-state index in [2.05, 4.69) is 41.0 Å². The van der Waals surface area contributed by atoms with Crippen LogP contribution in [0.3, 0.4) is 0 Å². The van der Waals surface area contributed by atoms with Crippen molar-refractivity contribution in [3.8, 4) is 5.88 Å². The van der Waals surface area contributed by atoms with Crippen LogP contribution in [0.1, 0.15) is 49.2 Å². The Hall–Kier alpha value is -2.66. The van der Waals surface area contributed by atoms with Gasteiger partial charge in [-0.2, -0.15) is 0 Å². The fraction of sp³-hybridized carbons (Fsp3) is 0.583. The summed E-state index contributed by atoms with van der Waals surface area (Å²) < 4.78 is 22.7. The van der Waals surface area contributed by atoms with E-state index >= 15 is 0 Å². The number of aryl methyl sites for hydroxylation is 1. The number of hydrogen-bond acceptors (Lipinski definition) is 9. The zero-order valence-electron chi connectivity index (χ0n) is 20.2. The van der Waals surface area contributed by atoms with Crippen molar-refractivity contribution in [3.05, 3.63) is 46.6 Å². The Morgan fingerprint density at radius 2 is 1.76 bits per heavy atom. The smallest absolute Gasteiger partial charge is 0.443 e. The number of hydrogen-bond donors (Lipinski definition) is 3. The average Bonchev–Trinajstić information content (AvgIpc) is 3.13. The lowest BCUT2D eigenvalue weighted by atomic mass is 9.99. The predicted molar refractivity (Wildman–Crippen MR) is 122 cm³/mol.